The van der Waals surface area contributed by atoms with Gasteiger partial charge >= 0.3 is 5.97 Å². The summed E-state index contributed by atoms with van der Waals surface area (Å²) in [5.41, 5.74) is 12.0. The molecule has 0 aromatic heterocycles. The van der Waals surface area contributed by atoms with Crippen molar-refractivity contribution in [2.45, 2.75) is 50.5 Å². The lowest BCUT2D eigenvalue weighted by molar-refractivity contribution is -0.137. The number of carbonyl (C=O) groups is 1. The molecule has 1 aliphatic carbocycles. The van der Waals surface area contributed by atoms with Gasteiger partial charge in [0.05, 0.1) is 7.85 Å². The van der Waals surface area contributed by atoms with Gasteiger partial charge < -0.3 is 16.6 Å². The van der Waals surface area contributed by atoms with Crippen LogP contribution < -0.4 is 11.5 Å². The number of carboxylic acid groups (broad SMARTS) is 1. The van der Waals surface area contributed by atoms with Crippen LogP contribution in [0.15, 0.2) is 0 Å². The van der Waals surface area contributed by atoms with Gasteiger partial charge in [-0.25, -0.2) is 0 Å². The number of hydrogen-bond acceptors (Lipinski definition) is 3. The van der Waals surface area contributed by atoms with Crippen LogP contribution in [0.25, 0.3) is 0 Å². The SMILES string of the molecule is [B]CC(CCC(=O)O)C1CC(N)CCC1N. The van der Waals surface area contributed by atoms with E-state index in [9.17, 15) is 4.79 Å². The molecule has 0 saturated heterocycles. The van der Waals surface area contributed by atoms with Gasteiger partial charge in [-0.1, -0.05) is 6.32 Å². The first-order valence-corrected chi connectivity index (χ1v) is 5.97. The van der Waals surface area contributed by atoms with Crippen molar-refractivity contribution in [3.63, 3.8) is 0 Å². The van der Waals surface area contributed by atoms with Crippen LogP contribution in [0.5, 0.6) is 0 Å². The fourth-order valence-electron chi connectivity index (χ4n) is 2.62. The van der Waals surface area contributed by atoms with Crippen LogP contribution in [0, 0.1) is 11.8 Å². The van der Waals surface area contributed by atoms with Crippen molar-refractivity contribution >= 4 is 13.8 Å². The monoisotopic (exact) mass is 224 g/mol. The molecule has 2 radical (unpaired) electrons. The molecule has 4 unspecified atom stereocenters. The Morgan fingerprint density at radius 3 is 2.69 bits per heavy atom. The van der Waals surface area contributed by atoms with Gasteiger partial charge in [-0.05, 0) is 37.5 Å². The minimum Gasteiger partial charge on any atom is -0.481 e. The van der Waals surface area contributed by atoms with Crippen molar-refractivity contribution in [1.82, 2.24) is 0 Å². The zero-order valence-corrected chi connectivity index (χ0v) is 9.64. The second kappa shape index (κ2) is 6.25. The minimum atomic E-state index is -0.771. The van der Waals surface area contributed by atoms with E-state index >= 15 is 0 Å². The molecule has 0 aromatic carbocycles. The Bertz CT molecular complexity index is 238. The summed E-state index contributed by atoms with van der Waals surface area (Å²) in [7, 11) is 5.71. The zero-order valence-electron chi connectivity index (χ0n) is 9.64. The summed E-state index contributed by atoms with van der Waals surface area (Å²) in [6, 6.07) is 0.325. The molecule has 4 nitrogen and oxygen atoms in total. The molecule has 0 aromatic rings. The lowest BCUT2D eigenvalue weighted by Crippen LogP contribution is -2.44. The third kappa shape index (κ3) is 3.79. The first-order valence-electron chi connectivity index (χ1n) is 5.97. The quantitative estimate of drug-likeness (QED) is 0.593. The number of carboxylic acids is 1. The predicted molar refractivity (Wildman–Crippen MR) is 64.2 cm³/mol. The average molecular weight is 224 g/mol. The summed E-state index contributed by atoms with van der Waals surface area (Å²) in [5.74, 6) is -0.294. The van der Waals surface area contributed by atoms with E-state index in [1.54, 1.807) is 0 Å². The standard InChI is InChI=1S/C11H21BN2O2/c12-6-7(1-4-11(15)16)9-5-8(13)2-3-10(9)14/h7-10H,1-6,13-14H2,(H,15,16). The van der Waals surface area contributed by atoms with Gasteiger partial charge in [-0.2, -0.15) is 0 Å². The Kier molecular flexibility index (Phi) is 5.28. The summed E-state index contributed by atoms with van der Waals surface area (Å²) in [5, 5.41) is 8.68. The molecule has 1 saturated carbocycles. The zero-order chi connectivity index (χ0) is 12.1. The maximum Gasteiger partial charge on any atom is 0.303 e. The highest BCUT2D eigenvalue weighted by molar-refractivity contribution is 6.08. The van der Waals surface area contributed by atoms with Crippen molar-refractivity contribution in [2.24, 2.45) is 23.3 Å². The van der Waals surface area contributed by atoms with Crippen molar-refractivity contribution < 1.29 is 9.90 Å². The fourth-order valence-corrected chi connectivity index (χ4v) is 2.62. The smallest absolute Gasteiger partial charge is 0.303 e. The highest BCUT2D eigenvalue weighted by Crippen LogP contribution is 2.33. The largest absolute Gasteiger partial charge is 0.481 e. The van der Waals surface area contributed by atoms with Crippen LogP contribution in [0.3, 0.4) is 0 Å². The van der Waals surface area contributed by atoms with E-state index in [1.807, 2.05) is 0 Å². The highest BCUT2D eigenvalue weighted by atomic mass is 16.4. The summed E-state index contributed by atoms with van der Waals surface area (Å²) in [4.78, 5) is 10.6. The molecule has 4 atom stereocenters. The van der Waals surface area contributed by atoms with Crippen molar-refractivity contribution in [3.8, 4) is 0 Å². The van der Waals surface area contributed by atoms with Crippen LogP contribution in [0.4, 0.5) is 0 Å². The Hall–Kier alpha value is -0.545. The van der Waals surface area contributed by atoms with Gasteiger partial charge in [0.2, 0.25) is 0 Å². The molecule has 90 valence electrons. The third-order valence-corrected chi connectivity index (χ3v) is 3.63. The van der Waals surface area contributed by atoms with Crippen LogP contribution in [-0.4, -0.2) is 31.0 Å². The second-order valence-corrected chi connectivity index (χ2v) is 4.83. The Balaban J connectivity index is 2.52. The summed E-state index contributed by atoms with van der Waals surface area (Å²) >= 11 is 0. The summed E-state index contributed by atoms with van der Waals surface area (Å²) < 4.78 is 0. The van der Waals surface area contributed by atoms with Gasteiger partial charge in [0.1, 0.15) is 0 Å². The summed E-state index contributed by atoms with van der Waals surface area (Å²) in [6.07, 6.45) is 4.04. The Labute approximate surface area is 98.2 Å². The minimum absolute atomic E-state index is 0.127. The molecule has 1 fully saturated rings. The number of hydrogen-bond donors (Lipinski definition) is 3. The van der Waals surface area contributed by atoms with E-state index in [0.29, 0.717) is 12.7 Å². The Morgan fingerprint density at radius 1 is 1.44 bits per heavy atom. The number of nitrogens with two attached hydrogens (primary N) is 2. The fraction of sp³-hybridized carbons (Fsp3) is 0.909. The number of rotatable bonds is 5. The molecule has 1 rings (SSSR count). The van der Waals surface area contributed by atoms with E-state index in [0.717, 1.165) is 19.3 Å². The molecule has 1 aliphatic rings. The van der Waals surface area contributed by atoms with Crippen LogP contribution in [0.1, 0.15) is 32.1 Å². The van der Waals surface area contributed by atoms with E-state index in [-0.39, 0.29) is 30.3 Å². The molecule has 5 N–H and O–H groups in total. The average Bonchev–Trinajstić information content (AvgIpc) is 2.23. The highest BCUT2D eigenvalue weighted by Gasteiger charge is 2.31. The molecular formula is C11H21BN2O2. The molecule has 5 heteroatoms. The third-order valence-electron chi connectivity index (χ3n) is 3.63. The van der Waals surface area contributed by atoms with Crippen molar-refractivity contribution in [2.75, 3.05) is 0 Å². The van der Waals surface area contributed by atoms with Gasteiger partial charge in [-0.3, -0.25) is 4.79 Å². The van der Waals surface area contributed by atoms with Gasteiger partial charge in [0.15, 0.2) is 0 Å². The van der Waals surface area contributed by atoms with Gasteiger partial charge in [0.25, 0.3) is 0 Å². The van der Waals surface area contributed by atoms with E-state index in [1.165, 1.54) is 0 Å². The molecule has 16 heavy (non-hydrogen) atoms. The van der Waals surface area contributed by atoms with Crippen LogP contribution in [0.2, 0.25) is 6.32 Å². The molecule has 0 amide bonds. The summed E-state index contributed by atoms with van der Waals surface area (Å²) in [6.45, 7) is 0. The van der Waals surface area contributed by atoms with Crippen molar-refractivity contribution in [1.29, 1.82) is 0 Å². The van der Waals surface area contributed by atoms with Gasteiger partial charge in [-0.15, -0.1) is 0 Å². The first kappa shape index (κ1) is 13.5. The Morgan fingerprint density at radius 2 is 2.12 bits per heavy atom. The maximum absolute atomic E-state index is 10.6. The van der Waals surface area contributed by atoms with Crippen LogP contribution in [-0.2, 0) is 4.79 Å². The second-order valence-electron chi connectivity index (χ2n) is 4.83. The molecular weight excluding hydrogens is 203 g/mol. The molecule has 0 spiro atoms. The lowest BCUT2D eigenvalue weighted by Gasteiger charge is -2.37. The first-order chi connectivity index (χ1) is 7.54. The van der Waals surface area contributed by atoms with Crippen LogP contribution >= 0.6 is 0 Å². The van der Waals surface area contributed by atoms with Crippen molar-refractivity contribution in [3.05, 3.63) is 0 Å². The topological polar surface area (TPSA) is 89.3 Å². The molecule has 0 aliphatic heterocycles. The van der Waals surface area contributed by atoms with E-state index in [4.69, 9.17) is 24.4 Å². The van der Waals surface area contributed by atoms with E-state index in [2.05, 4.69) is 0 Å². The molecule has 0 bridgehead atoms. The van der Waals surface area contributed by atoms with Gasteiger partial charge in [0, 0.05) is 18.5 Å². The lowest BCUT2D eigenvalue weighted by atomic mass is 9.69. The maximum atomic E-state index is 10.6. The normalized spacial score (nSPS) is 32.2. The predicted octanol–water partition coefficient (Wildman–Crippen LogP) is 0.509. The molecule has 0 heterocycles. The number of aliphatic carboxylic acids is 1. The van der Waals surface area contributed by atoms with E-state index < -0.39 is 5.97 Å².